The molecule has 2 heteroatoms. The molecule has 0 aromatic rings. The molecule has 2 rings (SSSR count). The van der Waals surface area contributed by atoms with Crippen LogP contribution in [0.2, 0.25) is 0 Å². The molecule has 0 amide bonds. The summed E-state index contributed by atoms with van der Waals surface area (Å²) >= 11 is 0. The van der Waals surface area contributed by atoms with E-state index in [-0.39, 0.29) is 0 Å². The van der Waals surface area contributed by atoms with Gasteiger partial charge >= 0.3 is 5.97 Å². The minimum Gasteiger partial charge on any atom is -0.478 e. The summed E-state index contributed by atoms with van der Waals surface area (Å²) in [5.41, 5.74) is 3.23. The predicted octanol–water partition coefficient (Wildman–Crippen LogP) is 4.22. The molecular formula is C15H22O2. The van der Waals surface area contributed by atoms with E-state index >= 15 is 0 Å². The maximum Gasteiger partial charge on any atom is 0.331 e. The van der Waals surface area contributed by atoms with Crippen molar-refractivity contribution in [2.75, 3.05) is 0 Å². The zero-order valence-electron chi connectivity index (χ0n) is 10.5. The lowest BCUT2D eigenvalue weighted by atomic mass is 9.93. The first-order valence-electron chi connectivity index (χ1n) is 6.94. The van der Waals surface area contributed by atoms with Crippen molar-refractivity contribution in [2.24, 2.45) is 0 Å². The van der Waals surface area contributed by atoms with Crippen molar-refractivity contribution in [3.8, 4) is 0 Å². The van der Waals surface area contributed by atoms with Gasteiger partial charge in [-0.2, -0.15) is 0 Å². The summed E-state index contributed by atoms with van der Waals surface area (Å²) in [4.78, 5) is 11.4. The van der Waals surface area contributed by atoms with Gasteiger partial charge < -0.3 is 5.11 Å². The standard InChI is InChI=1S/C15H22O2/c16-15(17)14-11-7-3-6-10-13(14)12-8-4-1-2-5-9-12/h8H,1-7,9-11H2,(H,16,17). The third-order valence-electron chi connectivity index (χ3n) is 3.90. The molecule has 0 aliphatic heterocycles. The molecule has 0 aromatic carbocycles. The van der Waals surface area contributed by atoms with Crippen LogP contribution in [0.15, 0.2) is 22.8 Å². The van der Waals surface area contributed by atoms with Gasteiger partial charge in [-0.3, -0.25) is 0 Å². The van der Waals surface area contributed by atoms with E-state index in [9.17, 15) is 9.90 Å². The Morgan fingerprint density at radius 3 is 2.47 bits per heavy atom. The van der Waals surface area contributed by atoms with Gasteiger partial charge in [-0.1, -0.05) is 18.9 Å². The van der Waals surface area contributed by atoms with Crippen molar-refractivity contribution in [3.05, 3.63) is 22.8 Å². The monoisotopic (exact) mass is 234 g/mol. The van der Waals surface area contributed by atoms with Crippen LogP contribution in [-0.2, 0) is 4.79 Å². The van der Waals surface area contributed by atoms with Crippen LogP contribution in [0.3, 0.4) is 0 Å². The highest BCUT2D eigenvalue weighted by Crippen LogP contribution is 2.33. The molecule has 1 N–H and O–H groups in total. The Balaban J connectivity index is 2.28. The number of rotatable bonds is 2. The Kier molecular flexibility index (Phi) is 4.41. The molecule has 0 aromatic heterocycles. The van der Waals surface area contributed by atoms with Gasteiger partial charge in [0.1, 0.15) is 0 Å². The van der Waals surface area contributed by atoms with Gasteiger partial charge in [0, 0.05) is 5.57 Å². The predicted molar refractivity (Wildman–Crippen MR) is 68.9 cm³/mol. The molecule has 0 spiro atoms. The highest BCUT2D eigenvalue weighted by Gasteiger charge is 2.20. The van der Waals surface area contributed by atoms with E-state index in [0.29, 0.717) is 5.57 Å². The van der Waals surface area contributed by atoms with Crippen LogP contribution in [0.25, 0.3) is 0 Å². The second kappa shape index (κ2) is 6.04. The average Bonchev–Trinajstić information content (AvgIpc) is 2.71. The van der Waals surface area contributed by atoms with Gasteiger partial charge in [0.05, 0.1) is 0 Å². The third-order valence-corrected chi connectivity index (χ3v) is 3.90. The maximum atomic E-state index is 11.4. The molecule has 0 saturated heterocycles. The van der Waals surface area contributed by atoms with E-state index in [4.69, 9.17) is 0 Å². The highest BCUT2D eigenvalue weighted by atomic mass is 16.4. The van der Waals surface area contributed by atoms with E-state index in [2.05, 4.69) is 6.08 Å². The van der Waals surface area contributed by atoms with E-state index in [1.54, 1.807) is 0 Å². The maximum absolute atomic E-state index is 11.4. The lowest BCUT2D eigenvalue weighted by Crippen LogP contribution is -2.05. The Morgan fingerprint density at radius 2 is 1.65 bits per heavy atom. The molecule has 0 heterocycles. The van der Waals surface area contributed by atoms with Crippen LogP contribution in [0.4, 0.5) is 0 Å². The molecule has 0 fully saturated rings. The van der Waals surface area contributed by atoms with Crippen molar-refractivity contribution in [2.45, 2.75) is 64.2 Å². The van der Waals surface area contributed by atoms with Gasteiger partial charge in [0.25, 0.3) is 0 Å². The van der Waals surface area contributed by atoms with Gasteiger partial charge in [0.2, 0.25) is 0 Å². The minimum atomic E-state index is -0.688. The molecule has 94 valence electrons. The molecule has 2 nitrogen and oxygen atoms in total. The number of hydrogen-bond donors (Lipinski definition) is 1. The van der Waals surface area contributed by atoms with Crippen LogP contribution in [-0.4, -0.2) is 11.1 Å². The number of carboxylic acid groups (broad SMARTS) is 1. The normalized spacial score (nSPS) is 22.7. The molecule has 0 radical (unpaired) electrons. The summed E-state index contributed by atoms with van der Waals surface area (Å²) in [5.74, 6) is -0.688. The molecule has 2 aliphatic carbocycles. The average molecular weight is 234 g/mol. The van der Waals surface area contributed by atoms with Crippen LogP contribution in [0.1, 0.15) is 64.2 Å². The Labute approximate surface area is 103 Å². The number of carbonyl (C=O) groups is 1. The number of aliphatic carboxylic acids is 1. The first kappa shape index (κ1) is 12.4. The summed E-state index contributed by atoms with van der Waals surface area (Å²) in [6.45, 7) is 0. The molecule has 0 bridgehead atoms. The fraction of sp³-hybridized carbons (Fsp3) is 0.667. The highest BCUT2D eigenvalue weighted by molar-refractivity contribution is 5.88. The van der Waals surface area contributed by atoms with E-state index in [1.807, 2.05) is 0 Å². The van der Waals surface area contributed by atoms with Crippen molar-refractivity contribution < 1.29 is 9.90 Å². The summed E-state index contributed by atoms with van der Waals surface area (Å²) < 4.78 is 0. The quantitative estimate of drug-likeness (QED) is 0.776. The van der Waals surface area contributed by atoms with Crippen molar-refractivity contribution in [1.82, 2.24) is 0 Å². The van der Waals surface area contributed by atoms with Crippen LogP contribution >= 0.6 is 0 Å². The lowest BCUT2D eigenvalue weighted by molar-refractivity contribution is -0.132. The molecule has 17 heavy (non-hydrogen) atoms. The van der Waals surface area contributed by atoms with Gasteiger partial charge in [-0.25, -0.2) is 4.79 Å². The fourth-order valence-electron chi connectivity index (χ4n) is 2.96. The van der Waals surface area contributed by atoms with Crippen LogP contribution in [0, 0.1) is 0 Å². The summed E-state index contributed by atoms with van der Waals surface area (Å²) in [6.07, 6.45) is 13.4. The molecule has 0 saturated carbocycles. The van der Waals surface area contributed by atoms with Crippen molar-refractivity contribution in [1.29, 1.82) is 0 Å². The van der Waals surface area contributed by atoms with Crippen LogP contribution < -0.4 is 0 Å². The van der Waals surface area contributed by atoms with E-state index in [0.717, 1.165) is 38.5 Å². The molecule has 0 atom stereocenters. The first-order chi connectivity index (χ1) is 8.29. The zero-order chi connectivity index (χ0) is 12.1. The molecule has 0 unspecified atom stereocenters. The number of allylic oxidation sites excluding steroid dienone is 3. The fourth-order valence-corrected chi connectivity index (χ4v) is 2.96. The number of hydrogen-bond acceptors (Lipinski definition) is 1. The summed E-state index contributed by atoms with van der Waals surface area (Å²) in [7, 11) is 0. The lowest BCUT2D eigenvalue weighted by Gasteiger charge is -2.13. The van der Waals surface area contributed by atoms with Crippen molar-refractivity contribution in [3.63, 3.8) is 0 Å². The van der Waals surface area contributed by atoms with Gasteiger partial charge in [0.15, 0.2) is 0 Å². The van der Waals surface area contributed by atoms with E-state index in [1.165, 1.54) is 36.8 Å². The summed E-state index contributed by atoms with van der Waals surface area (Å²) in [6, 6.07) is 0. The second-order valence-corrected chi connectivity index (χ2v) is 5.15. The van der Waals surface area contributed by atoms with Crippen molar-refractivity contribution >= 4 is 5.97 Å². The summed E-state index contributed by atoms with van der Waals surface area (Å²) in [5, 5.41) is 9.35. The van der Waals surface area contributed by atoms with E-state index < -0.39 is 5.97 Å². The topological polar surface area (TPSA) is 37.3 Å². The number of carboxylic acids is 1. The second-order valence-electron chi connectivity index (χ2n) is 5.15. The van der Waals surface area contributed by atoms with Gasteiger partial charge in [-0.05, 0) is 62.5 Å². The van der Waals surface area contributed by atoms with Gasteiger partial charge in [-0.15, -0.1) is 0 Å². The third kappa shape index (κ3) is 3.21. The SMILES string of the molecule is O=C(O)C1=C(C2=CCCCCC2)CCCCC1. The Hall–Kier alpha value is -1.05. The largest absolute Gasteiger partial charge is 0.478 e. The van der Waals surface area contributed by atoms with Crippen LogP contribution in [0.5, 0.6) is 0 Å². The first-order valence-corrected chi connectivity index (χ1v) is 6.94. The molecular weight excluding hydrogens is 212 g/mol. The smallest absolute Gasteiger partial charge is 0.331 e. The Bertz CT molecular complexity index is 350. The Morgan fingerprint density at radius 1 is 0.941 bits per heavy atom. The molecule has 2 aliphatic rings. The minimum absolute atomic E-state index is 0.688. The zero-order valence-corrected chi connectivity index (χ0v) is 10.5.